The van der Waals surface area contributed by atoms with Crippen molar-refractivity contribution in [3.8, 4) is 0 Å². The Morgan fingerprint density at radius 2 is 2.08 bits per heavy atom. The highest BCUT2D eigenvalue weighted by atomic mass is 19.4. The molecule has 0 atom stereocenters. The monoisotopic (exact) mass is 345 g/mol. The zero-order valence-corrected chi connectivity index (χ0v) is 13.5. The van der Waals surface area contributed by atoms with Gasteiger partial charge in [-0.15, -0.1) is 0 Å². The van der Waals surface area contributed by atoms with Crippen molar-refractivity contribution in [2.24, 2.45) is 0 Å². The maximum Gasteiger partial charge on any atom is 0.435 e. The van der Waals surface area contributed by atoms with Crippen LogP contribution in [0, 0.1) is 0 Å². The number of nitrogens with one attached hydrogen (secondary N) is 1. The molecule has 0 saturated heterocycles. The van der Waals surface area contributed by atoms with Crippen LogP contribution < -0.4 is 5.32 Å². The summed E-state index contributed by atoms with van der Waals surface area (Å²) in [5.41, 5.74) is -1.67. The highest BCUT2D eigenvalue weighted by Crippen LogP contribution is 2.38. The molecule has 0 spiro atoms. The largest absolute Gasteiger partial charge is 0.435 e. The summed E-state index contributed by atoms with van der Waals surface area (Å²) < 4.78 is 54.7. The van der Waals surface area contributed by atoms with Crippen molar-refractivity contribution in [2.45, 2.75) is 33.0 Å². The molecule has 1 aromatic rings. The Morgan fingerprint density at radius 1 is 1.46 bits per heavy atom. The molecule has 0 radical (unpaired) electrons. The summed E-state index contributed by atoms with van der Waals surface area (Å²) in [6, 6.07) is 0. The van der Waals surface area contributed by atoms with Gasteiger partial charge in [0.2, 0.25) is 5.91 Å². The molecule has 1 amide bonds. The van der Waals surface area contributed by atoms with Crippen LogP contribution in [0.15, 0.2) is 36.8 Å². The number of amides is 1. The number of hydrogen-bond acceptors (Lipinski definition) is 2. The maximum absolute atomic E-state index is 14.0. The van der Waals surface area contributed by atoms with E-state index in [0.29, 0.717) is 0 Å². The van der Waals surface area contributed by atoms with Gasteiger partial charge in [-0.05, 0) is 18.9 Å². The number of allylic oxidation sites excluding steroid dienone is 3. The number of aryl methyl sites for hydroxylation is 1. The first-order chi connectivity index (χ1) is 11.1. The van der Waals surface area contributed by atoms with E-state index in [1.54, 1.807) is 6.92 Å². The lowest BCUT2D eigenvalue weighted by molar-refractivity contribution is -0.141. The van der Waals surface area contributed by atoms with Crippen molar-refractivity contribution in [1.82, 2.24) is 15.1 Å². The summed E-state index contributed by atoms with van der Waals surface area (Å²) >= 11 is 0. The number of alkyl halides is 3. The molecule has 0 saturated carbocycles. The first-order valence-electron chi connectivity index (χ1n) is 7.21. The van der Waals surface area contributed by atoms with Crippen LogP contribution in [0.1, 0.15) is 31.5 Å². The minimum absolute atomic E-state index is 0.107. The fourth-order valence-corrected chi connectivity index (χ4v) is 2.17. The number of nitrogens with zero attached hydrogens (tertiary/aromatic N) is 2. The van der Waals surface area contributed by atoms with E-state index in [9.17, 15) is 22.4 Å². The van der Waals surface area contributed by atoms with Gasteiger partial charge < -0.3 is 5.32 Å². The van der Waals surface area contributed by atoms with Crippen molar-refractivity contribution in [3.63, 3.8) is 0 Å². The van der Waals surface area contributed by atoms with Gasteiger partial charge in [-0.3, -0.25) is 9.48 Å². The molecule has 1 N–H and O–H groups in total. The van der Waals surface area contributed by atoms with Crippen molar-refractivity contribution in [2.75, 3.05) is 6.54 Å². The minimum Gasteiger partial charge on any atom is -0.356 e. The lowest BCUT2D eigenvalue weighted by Gasteiger charge is -2.13. The molecule has 132 valence electrons. The van der Waals surface area contributed by atoms with Crippen LogP contribution in [-0.4, -0.2) is 22.2 Å². The summed E-state index contributed by atoms with van der Waals surface area (Å²) in [7, 11) is 0. The smallest absolute Gasteiger partial charge is 0.356 e. The molecule has 1 heterocycles. The SMILES string of the molecule is C=C/C(CCNC(C)=O)=C(\C(=C)F)c1cn(CC)nc1C(F)(F)F. The maximum atomic E-state index is 14.0. The molecular formula is C16H19F4N3O. The Morgan fingerprint density at radius 3 is 2.50 bits per heavy atom. The van der Waals surface area contributed by atoms with E-state index in [-0.39, 0.29) is 36.6 Å². The Hall–Kier alpha value is -2.38. The van der Waals surface area contributed by atoms with Gasteiger partial charge in [0.1, 0.15) is 5.83 Å². The molecular weight excluding hydrogens is 326 g/mol. The molecule has 24 heavy (non-hydrogen) atoms. The summed E-state index contributed by atoms with van der Waals surface area (Å²) in [6.07, 6.45) is -2.24. The number of rotatable bonds is 7. The molecule has 0 aliphatic carbocycles. The third-order valence-corrected chi connectivity index (χ3v) is 3.23. The highest BCUT2D eigenvalue weighted by molar-refractivity contribution is 5.82. The number of carbonyl (C=O) groups is 1. The summed E-state index contributed by atoms with van der Waals surface area (Å²) in [6.45, 7) is 9.92. The molecule has 1 aromatic heterocycles. The Balaban J connectivity index is 3.45. The zero-order valence-electron chi connectivity index (χ0n) is 13.5. The quantitative estimate of drug-likeness (QED) is 0.602. The molecule has 0 fully saturated rings. The Bertz CT molecular complexity index is 671. The number of aromatic nitrogens is 2. The zero-order chi connectivity index (χ0) is 18.5. The van der Waals surface area contributed by atoms with Crippen molar-refractivity contribution in [3.05, 3.63) is 48.1 Å². The fraction of sp³-hybridized carbons (Fsp3) is 0.375. The van der Waals surface area contributed by atoms with E-state index in [1.165, 1.54) is 13.0 Å². The van der Waals surface area contributed by atoms with Crippen LogP contribution in [0.3, 0.4) is 0 Å². The molecule has 0 aromatic carbocycles. The minimum atomic E-state index is -4.74. The molecule has 1 rings (SSSR count). The second kappa shape index (κ2) is 7.94. The van der Waals surface area contributed by atoms with Gasteiger partial charge in [0.15, 0.2) is 5.69 Å². The first kappa shape index (κ1) is 19.7. The van der Waals surface area contributed by atoms with Crippen LogP contribution in [0.2, 0.25) is 0 Å². The third-order valence-electron chi connectivity index (χ3n) is 3.23. The topological polar surface area (TPSA) is 46.9 Å². The van der Waals surface area contributed by atoms with Gasteiger partial charge in [-0.1, -0.05) is 19.2 Å². The normalized spacial score (nSPS) is 12.6. The fourth-order valence-electron chi connectivity index (χ4n) is 2.17. The van der Waals surface area contributed by atoms with Crippen LogP contribution in [0.5, 0.6) is 0 Å². The second-order valence-electron chi connectivity index (χ2n) is 4.99. The first-order valence-corrected chi connectivity index (χ1v) is 7.21. The lowest BCUT2D eigenvalue weighted by Crippen LogP contribution is -2.21. The van der Waals surface area contributed by atoms with Crippen molar-refractivity contribution in [1.29, 1.82) is 0 Å². The van der Waals surface area contributed by atoms with E-state index < -0.39 is 23.3 Å². The third kappa shape index (κ3) is 4.81. The van der Waals surface area contributed by atoms with E-state index in [0.717, 1.165) is 10.9 Å². The summed E-state index contributed by atoms with van der Waals surface area (Å²) in [5, 5.41) is 5.97. The highest BCUT2D eigenvalue weighted by Gasteiger charge is 2.38. The van der Waals surface area contributed by atoms with Crippen LogP contribution in [0.25, 0.3) is 5.57 Å². The van der Waals surface area contributed by atoms with Crippen molar-refractivity contribution < 1.29 is 22.4 Å². The predicted octanol–water partition coefficient (Wildman–Crippen LogP) is 3.87. The summed E-state index contributed by atoms with van der Waals surface area (Å²) in [4.78, 5) is 10.9. The predicted molar refractivity (Wildman–Crippen MR) is 83.6 cm³/mol. The van der Waals surface area contributed by atoms with E-state index in [4.69, 9.17) is 0 Å². The Kier molecular flexibility index (Phi) is 6.51. The lowest BCUT2D eigenvalue weighted by atomic mass is 9.97. The number of halogens is 4. The van der Waals surface area contributed by atoms with Gasteiger partial charge in [-0.2, -0.15) is 18.3 Å². The van der Waals surface area contributed by atoms with Gasteiger partial charge in [-0.25, -0.2) is 4.39 Å². The molecule has 0 aliphatic rings. The summed E-state index contributed by atoms with van der Waals surface area (Å²) in [5.74, 6) is -1.32. The average Bonchev–Trinajstić information content (AvgIpc) is 2.89. The second-order valence-corrected chi connectivity index (χ2v) is 4.99. The molecule has 0 bridgehead atoms. The van der Waals surface area contributed by atoms with Gasteiger partial charge in [0.05, 0.1) is 0 Å². The van der Waals surface area contributed by atoms with E-state index >= 15 is 0 Å². The van der Waals surface area contributed by atoms with Gasteiger partial charge in [0.25, 0.3) is 0 Å². The molecule has 8 heteroatoms. The molecule has 4 nitrogen and oxygen atoms in total. The Labute approximate surface area is 137 Å². The number of hydrogen-bond donors (Lipinski definition) is 1. The van der Waals surface area contributed by atoms with Crippen LogP contribution in [0.4, 0.5) is 17.6 Å². The molecule has 0 aliphatic heterocycles. The van der Waals surface area contributed by atoms with Crippen LogP contribution >= 0.6 is 0 Å². The van der Waals surface area contributed by atoms with Crippen molar-refractivity contribution >= 4 is 11.5 Å². The van der Waals surface area contributed by atoms with Gasteiger partial charge in [0, 0.05) is 37.3 Å². The van der Waals surface area contributed by atoms with Gasteiger partial charge >= 0.3 is 6.18 Å². The van der Waals surface area contributed by atoms with Crippen LogP contribution in [-0.2, 0) is 17.5 Å². The standard InChI is InChI=1S/C16H19F4N3O/c1-5-12(7-8-21-11(4)24)14(10(3)17)13-9-23(6-2)22-15(13)16(18,19)20/h5,9H,1,3,6-8H2,2,4H3,(H,21,24)/b14-12-. The molecule has 0 unspecified atom stereocenters. The average molecular weight is 345 g/mol. The van der Waals surface area contributed by atoms with E-state index in [2.05, 4.69) is 23.6 Å². The van der Waals surface area contributed by atoms with E-state index in [1.807, 2.05) is 0 Å². The number of carbonyl (C=O) groups excluding carboxylic acids is 1.